The van der Waals surface area contributed by atoms with Crippen LogP contribution in [0.2, 0.25) is 0 Å². The summed E-state index contributed by atoms with van der Waals surface area (Å²) in [5, 5.41) is 0. The highest BCUT2D eigenvalue weighted by molar-refractivity contribution is 5.84. The summed E-state index contributed by atoms with van der Waals surface area (Å²) in [6.45, 7) is 8.24. The lowest BCUT2D eigenvalue weighted by Crippen LogP contribution is -2.38. The SMILES string of the molecule is CCC(CCCCOC(=O)C(C)(C)C(C)C(=O)OCCOC)c1ccccc1. The Hall–Kier alpha value is -1.88. The third kappa shape index (κ3) is 7.63. The largest absolute Gasteiger partial charge is 0.465 e. The quantitative estimate of drug-likeness (QED) is 0.358. The van der Waals surface area contributed by atoms with E-state index in [9.17, 15) is 9.59 Å². The number of benzene rings is 1. The van der Waals surface area contributed by atoms with Gasteiger partial charge in [-0.25, -0.2) is 0 Å². The lowest BCUT2D eigenvalue weighted by Gasteiger charge is -2.28. The molecule has 0 fully saturated rings. The molecular weight excluding hydrogens is 356 g/mol. The average molecular weight is 393 g/mol. The van der Waals surface area contributed by atoms with E-state index in [1.807, 2.05) is 6.07 Å². The van der Waals surface area contributed by atoms with Gasteiger partial charge < -0.3 is 14.2 Å². The van der Waals surface area contributed by atoms with Crippen LogP contribution in [0.3, 0.4) is 0 Å². The van der Waals surface area contributed by atoms with Crippen molar-refractivity contribution in [3.05, 3.63) is 35.9 Å². The minimum Gasteiger partial charge on any atom is -0.465 e. The molecule has 0 saturated carbocycles. The fourth-order valence-electron chi connectivity index (χ4n) is 3.00. The van der Waals surface area contributed by atoms with Crippen LogP contribution in [0.4, 0.5) is 0 Å². The number of ether oxygens (including phenoxy) is 3. The van der Waals surface area contributed by atoms with Crippen molar-refractivity contribution >= 4 is 11.9 Å². The summed E-state index contributed by atoms with van der Waals surface area (Å²) in [7, 11) is 1.54. The predicted molar refractivity (Wildman–Crippen MR) is 110 cm³/mol. The van der Waals surface area contributed by atoms with Gasteiger partial charge in [0.25, 0.3) is 0 Å². The van der Waals surface area contributed by atoms with Crippen molar-refractivity contribution in [1.82, 2.24) is 0 Å². The van der Waals surface area contributed by atoms with E-state index in [1.54, 1.807) is 27.9 Å². The van der Waals surface area contributed by atoms with E-state index >= 15 is 0 Å². The van der Waals surface area contributed by atoms with Crippen LogP contribution in [-0.4, -0.2) is 38.9 Å². The van der Waals surface area contributed by atoms with Gasteiger partial charge in [-0.05, 0) is 51.0 Å². The van der Waals surface area contributed by atoms with Crippen LogP contribution in [0.1, 0.15) is 64.9 Å². The molecule has 2 atom stereocenters. The lowest BCUT2D eigenvalue weighted by atomic mass is 9.80. The highest BCUT2D eigenvalue weighted by Gasteiger charge is 2.40. The molecule has 0 N–H and O–H groups in total. The number of rotatable bonds is 13. The van der Waals surface area contributed by atoms with Crippen molar-refractivity contribution < 1.29 is 23.8 Å². The maximum atomic E-state index is 12.5. The number of unbranched alkanes of at least 4 members (excludes halogenated alkanes) is 1. The molecule has 2 unspecified atom stereocenters. The van der Waals surface area contributed by atoms with Crippen molar-refractivity contribution in [3.8, 4) is 0 Å². The summed E-state index contributed by atoms with van der Waals surface area (Å²) in [4.78, 5) is 24.6. The second-order valence-corrected chi connectivity index (χ2v) is 7.75. The van der Waals surface area contributed by atoms with Crippen molar-refractivity contribution in [3.63, 3.8) is 0 Å². The zero-order valence-electron chi connectivity index (χ0n) is 18.0. The van der Waals surface area contributed by atoms with E-state index < -0.39 is 17.3 Å². The molecule has 5 nitrogen and oxygen atoms in total. The molecule has 1 rings (SSSR count). The van der Waals surface area contributed by atoms with Crippen molar-refractivity contribution in [1.29, 1.82) is 0 Å². The number of methoxy groups -OCH3 is 1. The fourth-order valence-corrected chi connectivity index (χ4v) is 3.00. The molecule has 0 saturated heterocycles. The van der Waals surface area contributed by atoms with Gasteiger partial charge in [0.15, 0.2) is 0 Å². The van der Waals surface area contributed by atoms with Crippen molar-refractivity contribution in [2.75, 3.05) is 26.9 Å². The van der Waals surface area contributed by atoms with Gasteiger partial charge in [0, 0.05) is 7.11 Å². The number of hydrogen-bond donors (Lipinski definition) is 0. The molecule has 1 aromatic carbocycles. The first kappa shape index (κ1) is 24.2. The van der Waals surface area contributed by atoms with Crippen LogP contribution in [0.5, 0.6) is 0 Å². The molecule has 0 aromatic heterocycles. The lowest BCUT2D eigenvalue weighted by molar-refractivity contribution is -0.167. The first-order valence-electron chi connectivity index (χ1n) is 10.2. The van der Waals surface area contributed by atoms with Crippen LogP contribution in [-0.2, 0) is 23.8 Å². The van der Waals surface area contributed by atoms with Gasteiger partial charge in [0.1, 0.15) is 6.61 Å². The maximum Gasteiger partial charge on any atom is 0.312 e. The van der Waals surface area contributed by atoms with Gasteiger partial charge in [0.05, 0.1) is 24.5 Å². The monoisotopic (exact) mass is 392 g/mol. The van der Waals surface area contributed by atoms with E-state index in [0.29, 0.717) is 19.1 Å². The van der Waals surface area contributed by atoms with Gasteiger partial charge in [-0.15, -0.1) is 0 Å². The Morgan fingerprint density at radius 3 is 2.29 bits per heavy atom. The number of esters is 2. The van der Waals surface area contributed by atoms with Crippen LogP contribution >= 0.6 is 0 Å². The first-order chi connectivity index (χ1) is 13.3. The number of carbonyl (C=O) groups is 2. The Morgan fingerprint density at radius 2 is 1.68 bits per heavy atom. The van der Waals surface area contributed by atoms with Crippen molar-refractivity contribution in [2.24, 2.45) is 11.3 Å². The van der Waals surface area contributed by atoms with E-state index in [0.717, 1.165) is 25.7 Å². The Morgan fingerprint density at radius 1 is 1.00 bits per heavy atom. The summed E-state index contributed by atoms with van der Waals surface area (Å²) in [5.41, 5.74) is 0.434. The molecule has 5 heteroatoms. The zero-order chi connectivity index (χ0) is 21.0. The Balaban J connectivity index is 2.36. The van der Waals surface area contributed by atoms with Crippen LogP contribution < -0.4 is 0 Å². The van der Waals surface area contributed by atoms with Crippen LogP contribution in [0.15, 0.2) is 30.3 Å². The predicted octanol–water partition coefficient (Wildman–Crippen LogP) is 4.75. The third-order valence-electron chi connectivity index (χ3n) is 5.44. The second-order valence-electron chi connectivity index (χ2n) is 7.75. The fraction of sp³-hybridized carbons (Fsp3) is 0.652. The molecule has 0 aliphatic heterocycles. The van der Waals surface area contributed by atoms with Crippen LogP contribution in [0.25, 0.3) is 0 Å². The average Bonchev–Trinajstić information content (AvgIpc) is 2.70. The second kappa shape index (κ2) is 12.6. The van der Waals surface area contributed by atoms with Gasteiger partial charge in [0.2, 0.25) is 0 Å². The minimum atomic E-state index is -0.930. The van der Waals surface area contributed by atoms with Gasteiger partial charge in [-0.2, -0.15) is 0 Å². The standard InChI is InChI=1S/C23H36O5/c1-6-19(20-13-8-7-9-14-20)12-10-11-15-28-22(25)23(3,4)18(2)21(24)27-17-16-26-5/h7-9,13-14,18-19H,6,10-12,15-17H2,1-5H3. The van der Waals surface area contributed by atoms with E-state index in [-0.39, 0.29) is 12.6 Å². The van der Waals surface area contributed by atoms with E-state index in [4.69, 9.17) is 14.2 Å². The molecule has 0 radical (unpaired) electrons. The Bertz CT molecular complexity index is 582. The summed E-state index contributed by atoms with van der Waals surface area (Å²) in [6.07, 6.45) is 3.98. The van der Waals surface area contributed by atoms with Gasteiger partial charge in [-0.3, -0.25) is 9.59 Å². The van der Waals surface area contributed by atoms with Crippen molar-refractivity contribution in [2.45, 2.75) is 59.3 Å². The van der Waals surface area contributed by atoms with Gasteiger partial charge in [-0.1, -0.05) is 44.2 Å². The molecular formula is C23H36O5. The molecule has 1 aromatic rings. The highest BCUT2D eigenvalue weighted by Crippen LogP contribution is 2.30. The Kier molecular flexibility index (Phi) is 10.8. The van der Waals surface area contributed by atoms with Crippen LogP contribution in [0, 0.1) is 11.3 Å². The number of hydrogen-bond acceptors (Lipinski definition) is 5. The maximum absolute atomic E-state index is 12.5. The minimum absolute atomic E-state index is 0.185. The molecule has 158 valence electrons. The summed E-state index contributed by atoms with van der Waals surface area (Å²) >= 11 is 0. The zero-order valence-corrected chi connectivity index (χ0v) is 18.0. The van der Waals surface area contributed by atoms with E-state index in [1.165, 1.54) is 5.56 Å². The highest BCUT2D eigenvalue weighted by atomic mass is 16.6. The topological polar surface area (TPSA) is 61.8 Å². The summed E-state index contributed by atoms with van der Waals surface area (Å²) in [6, 6.07) is 10.5. The number of carbonyl (C=O) groups excluding carboxylic acids is 2. The summed E-state index contributed by atoms with van der Waals surface area (Å²) in [5.74, 6) is -0.818. The van der Waals surface area contributed by atoms with Gasteiger partial charge >= 0.3 is 11.9 Å². The third-order valence-corrected chi connectivity index (χ3v) is 5.44. The molecule has 28 heavy (non-hydrogen) atoms. The van der Waals surface area contributed by atoms with E-state index in [2.05, 4.69) is 31.2 Å². The molecule has 0 bridgehead atoms. The molecule has 0 heterocycles. The molecule has 0 amide bonds. The molecule has 0 aliphatic carbocycles. The normalized spacial score (nSPS) is 13.6. The Labute approximate surface area is 169 Å². The first-order valence-corrected chi connectivity index (χ1v) is 10.2. The summed E-state index contributed by atoms with van der Waals surface area (Å²) < 4.78 is 15.5. The molecule has 0 aliphatic rings. The molecule has 0 spiro atoms. The smallest absolute Gasteiger partial charge is 0.312 e.